The number of nitrogens with one attached hydrogen (secondary N) is 1. The normalized spacial score (nSPS) is 13.9. The second kappa shape index (κ2) is 10.3. The maximum atomic E-state index is 12.8. The molecule has 1 aliphatic carbocycles. The Morgan fingerprint density at radius 3 is 2.65 bits per heavy atom. The van der Waals surface area contributed by atoms with E-state index in [0.29, 0.717) is 17.4 Å². The minimum atomic E-state index is -0.707. The van der Waals surface area contributed by atoms with Crippen LogP contribution in [0.25, 0.3) is 16.9 Å². The SMILES string of the molecule is COc1cc(-c2nc3ccccn3c2NC2CCCCC2)ccc1OC(=O)c1ccc(C)c([N+](=O)[O-])c1. The number of carbonyl (C=O) groups excluding carboxylic acids is 1. The second-order valence-corrected chi connectivity index (χ2v) is 9.23. The highest BCUT2D eigenvalue weighted by Gasteiger charge is 2.22. The first-order chi connectivity index (χ1) is 17.9. The second-order valence-electron chi connectivity index (χ2n) is 9.23. The van der Waals surface area contributed by atoms with E-state index in [1.165, 1.54) is 44.6 Å². The van der Waals surface area contributed by atoms with Crippen LogP contribution in [0.3, 0.4) is 0 Å². The fraction of sp³-hybridized carbons (Fsp3) is 0.286. The maximum Gasteiger partial charge on any atom is 0.343 e. The predicted molar refractivity (Wildman–Crippen MR) is 140 cm³/mol. The molecule has 9 heteroatoms. The molecule has 5 rings (SSSR count). The fourth-order valence-electron chi connectivity index (χ4n) is 4.77. The third-order valence-corrected chi connectivity index (χ3v) is 6.76. The van der Waals surface area contributed by atoms with E-state index in [1.54, 1.807) is 19.1 Å². The number of carbonyl (C=O) groups is 1. The lowest BCUT2D eigenvalue weighted by atomic mass is 9.95. The summed E-state index contributed by atoms with van der Waals surface area (Å²) >= 11 is 0. The van der Waals surface area contributed by atoms with Gasteiger partial charge >= 0.3 is 5.97 Å². The third-order valence-electron chi connectivity index (χ3n) is 6.76. The van der Waals surface area contributed by atoms with Crippen LogP contribution in [0.15, 0.2) is 60.8 Å². The zero-order valence-electron chi connectivity index (χ0n) is 20.8. The summed E-state index contributed by atoms with van der Waals surface area (Å²) in [6, 6.07) is 15.8. The number of aromatic nitrogens is 2. The Kier molecular flexibility index (Phi) is 6.76. The fourth-order valence-corrected chi connectivity index (χ4v) is 4.77. The zero-order chi connectivity index (χ0) is 25.9. The van der Waals surface area contributed by atoms with Gasteiger partial charge in [0.05, 0.1) is 17.6 Å². The van der Waals surface area contributed by atoms with Gasteiger partial charge in [-0.05, 0) is 56.2 Å². The minimum Gasteiger partial charge on any atom is -0.493 e. The summed E-state index contributed by atoms with van der Waals surface area (Å²) in [6.07, 6.45) is 7.92. The number of fused-ring (bicyclic) bond motifs is 1. The molecule has 0 bridgehead atoms. The Morgan fingerprint density at radius 2 is 1.89 bits per heavy atom. The van der Waals surface area contributed by atoms with Crippen molar-refractivity contribution in [2.75, 3.05) is 12.4 Å². The Balaban J connectivity index is 1.46. The highest BCUT2D eigenvalue weighted by molar-refractivity contribution is 5.92. The standard InChI is InChI=1S/C28H28N4O5/c1-18-11-12-20(16-22(18)32(34)35)28(33)37-23-14-13-19(17-24(23)36-2)26-27(29-21-8-4-3-5-9-21)31-15-7-6-10-25(31)30-26/h6-7,10-17,21,29H,3-5,8-9H2,1-2H3. The summed E-state index contributed by atoms with van der Waals surface area (Å²) in [5.74, 6) is 0.779. The molecule has 2 heterocycles. The van der Waals surface area contributed by atoms with Gasteiger partial charge in [-0.1, -0.05) is 31.4 Å². The van der Waals surface area contributed by atoms with Gasteiger partial charge in [-0.3, -0.25) is 14.5 Å². The number of ether oxygens (including phenoxy) is 2. The molecule has 2 aromatic carbocycles. The smallest absolute Gasteiger partial charge is 0.343 e. The van der Waals surface area contributed by atoms with Gasteiger partial charge < -0.3 is 14.8 Å². The Bertz CT molecular complexity index is 1470. The first-order valence-electron chi connectivity index (χ1n) is 12.3. The highest BCUT2D eigenvalue weighted by atomic mass is 16.6. The monoisotopic (exact) mass is 500 g/mol. The number of hydrogen-bond acceptors (Lipinski definition) is 7. The lowest BCUT2D eigenvalue weighted by Crippen LogP contribution is -2.23. The van der Waals surface area contributed by atoms with E-state index in [4.69, 9.17) is 14.5 Å². The number of nitro benzene ring substituents is 1. The molecule has 0 atom stereocenters. The Hall–Kier alpha value is -4.40. The highest BCUT2D eigenvalue weighted by Crippen LogP contribution is 2.37. The number of methoxy groups -OCH3 is 1. The molecule has 1 aliphatic rings. The van der Waals surface area contributed by atoms with E-state index in [-0.39, 0.29) is 17.0 Å². The number of esters is 1. The topological polar surface area (TPSA) is 108 Å². The van der Waals surface area contributed by atoms with Gasteiger partial charge in [0.25, 0.3) is 5.69 Å². The van der Waals surface area contributed by atoms with Gasteiger partial charge in [-0.25, -0.2) is 9.78 Å². The first kappa shape index (κ1) is 24.3. The lowest BCUT2D eigenvalue weighted by molar-refractivity contribution is -0.385. The van der Waals surface area contributed by atoms with Gasteiger partial charge in [-0.2, -0.15) is 0 Å². The summed E-state index contributed by atoms with van der Waals surface area (Å²) in [5.41, 5.74) is 2.83. The van der Waals surface area contributed by atoms with Crippen molar-refractivity contribution in [3.05, 3.63) is 82.0 Å². The average Bonchev–Trinajstić information content (AvgIpc) is 3.27. The minimum absolute atomic E-state index is 0.0859. The van der Waals surface area contributed by atoms with E-state index in [1.807, 2.05) is 30.5 Å². The molecular weight excluding hydrogens is 472 g/mol. The molecule has 0 saturated heterocycles. The summed E-state index contributed by atoms with van der Waals surface area (Å²) < 4.78 is 13.2. The summed E-state index contributed by atoms with van der Waals surface area (Å²) in [7, 11) is 1.50. The van der Waals surface area contributed by atoms with Crippen LogP contribution in [0.4, 0.5) is 11.5 Å². The Labute approximate surface area is 214 Å². The zero-order valence-corrected chi connectivity index (χ0v) is 20.8. The molecular formula is C28H28N4O5. The van der Waals surface area contributed by atoms with Crippen LogP contribution in [0.2, 0.25) is 0 Å². The van der Waals surface area contributed by atoms with E-state index < -0.39 is 10.9 Å². The average molecular weight is 501 g/mol. The lowest BCUT2D eigenvalue weighted by Gasteiger charge is -2.24. The number of pyridine rings is 1. The summed E-state index contributed by atoms with van der Waals surface area (Å²) in [4.78, 5) is 28.4. The number of hydrogen-bond donors (Lipinski definition) is 1. The van der Waals surface area contributed by atoms with Crippen LogP contribution < -0.4 is 14.8 Å². The van der Waals surface area contributed by atoms with Crippen molar-refractivity contribution in [3.8, 4) is 22.8 Å². The predicted octanol–water partition coefficient (Wildman–Crippen LogP) is 6.19. The van der Waals surface area contributed by atoms with Crippen LogP contribution in [-0.2, 0) is 0 Å². The number of rotatable bonds is 7. The molecule has 0 unspecified atom stereocenters. The molecule has 0 aliphatic heterocycles. The number of nitrogens with zero attached hydrogens (tertiary/aromatic N) is 3. The molecule has 0 radical (unpaired) electrons. The van der Waals surface area contributed by atoms with E-state index in [9.17, 15) is 14.9 Å². The van der Waals surface area contributed by atoms with Crippen LogP contribution in [0.5, 0.6) is 11.5 Å². The largest absolute Gasteiger partial charge is 0.493 e. The van der Waals surface area contributed by atoms with Crippen molar-refractivity contribution >= 4 is 23.1 Å². The molecule has 4 aromatic rings. The van der Waals surface area contributed by atoms with Gasteiger partial charge in [-0.15, -0.1) is 0 Å². The van der Waals surface area contributed by atoms with Gasteiger partial charge in [0.15, 0.2) is 11.5 Å². The van der Waals surface area contributed by atoms with E-state index in [2.05, 4.69) is 9.72 Å². The number of imidazole rings is 1. The van der Waals surface area contributed by atoms with Crippen molar-refractivity contribution in [2.45, 2.75) is 45.1 Å². The van der Waals surface area contributed by atoms with E-state index >= 15 is 0 Å². The number of anilines is 1. The summed E-state index contributed by atoms with van der Waals surface area (Å²) in [6.45, 7) is 1.62. The van der Waals surface area contributed by atoms with Crippen molar-refractivity contribution < 1.29 is 19.2 Å². The molecule has 190 valence electrons. The van der Waals surface area contributed by atoms with Crippen LogP contribution in [0.1, 0.15) is 48.0 Å². The number of aryl methyl sites for hydroxylation is 1. The van der Waals surface area contributed by atoms with Gasteiger partial charge in [0.1, 0.15) is 17.2 Å². The van der Waals surface area contributed by atoms with Crippen molar-refractivity contribution in [2.24, 2.45) is 0 Å². The van der Waals surface area contributed by atoms with Crippen LogP contribution in [-0.4, -0.2) is 33.4 Å². The molecule has 2 aromatic heterocycles. The molecule has 0 amide bonds. The quantitative estimate of drug-likeness (QED) is 0.139. The third kappa shape index (κ3) is 4.97. The molecule has 1 fully saturated rings. The first-order valence-corrected chi connectivity index (χ1v) is 12.3. The van der Waals surface area contributed by atoms with Crippen molar-refractivity contribution in [3.63, 3.8) is 0 Å². The molecule has 37 heavy (non-hydrogen) atoms. The van der Waals surface area contributed by atoms with Gasteiger partial charge in [0, 0.05) is 29.4 Å². The van der Waals surface area contributed by atoms with Crippen LogP contribution >= 0.6 is 0 Å². The number of benzene rings is 2. The van der Waals surface area contributed by atoms with Crippen LogP contribution in [0, 0.1) is 17.0 Å². The summed E-state index contributed by atoms with van der Waals surface area (Å²) in [5, 5.41) is 15.0. The Morgan fingerprint density at radius 1 is 1.08 bits per heavy atom. The van der Waals surface area contributed by atoms with Crippen molar-refractivity contribution in [1.29, 1.82) is 0 Å². The number of nitro groups is 1. The maximum absolute atomic E-state index is 12.8. The van der Waals surface area contributed by atoms with Crippen molar-refractivity contribution in [1.82, 2.24) is 9.38 Å². The van der Waals surface area contributed by atoms with E-state index in [0.717, 1.165) is 35.6 Å². The molecule has 9 nitrogen and oxygen atoms in total. The molecule has 1 saturated carbocycles. The van der Waals surface area contributed by atoms with Gasteiger partial charge in [0.2, 0.25) is 0 Å². The molecule has 0 spiro atoms. The molecule has 1 N–H and O–H groups in total.